The van der Waals surface area contributed by atoms with E-state index in [0.29, 0.717) is 17.9 Å². The second-order valence-electron chi connectivity index (χ2n) is 8.59. The lowest BCUT2D eigenvalue weighted by Gasteiger charge is -2.29. The van der Waals surface area contributed by atoms with Gasteiger partial charge in [0.25, 0.3) is 0 Å². The highest BCUT2D eigenvalue weighted by Crippen LogP contribution is 2.35. The smallest absolute Gasteiger partial charge is 0.0104 e. The lowest BCUT2D eigenvalue weighted by atomic mass is 9.84. The Morgan fingerprint density at radius 3 is 2.19 bits per heavy atom. The third kappa shape index (κ3) is 4.57. The summed E-state index contributed by atoms with van der Waals surface area (Å²) in [5, 5.41) is 0. The van der Waals surface area contributed by atoms with Crippen molar-refractivity contribution in [1.82, 2.24) is 4.90 Å². The van der Waals surface area contributed by atoms with Crippen LogP contribution in [-0.2, 0) is 0 Å². The van der Waals surface area contributed by atoms with Crippen LogP contribution in [0.15, 0.2) is 48.5 Å². The van der Waals surface area contributed by atoms with E-state index in [1.165, 1.54) is 48.1 Å². The molecule has 0 aromatic heterocycles. The Labute approximate surface area is 160 Å². The highest BCUT2D eigenvalue weighted by Gasteiger charge is 2.31. The first kappa shape index (κ1) is 19.2. The van der Waals surface area contributed by atoms with E-state index >= 15 is 0 Å². The summed E-state index contributed by atoms with van der Waals surface area (Å²) in [6.07, 6.45) is 3.97. The number of benzene rings is 2. The molecule has 1 saturated carbocycles. The quantitative estimate of drug-likeness (QED) is 0.525. The molecular weight excluding hydrogens is 314 g/mol. The third-order valence-electron chi connectivity index (χ3n) is 5.90. The summed E-state index contributed by atoms with van der Waals surface area (Å²) < 4.78 is 0. The SMILES string of the molecule is Cc1ccc(C(C)C)cc1C(CCN(C(C)C)C1CC1)c1ccccc1. The van der Waals surface area contributed by atoms with Crippen LogP contribution in [0.4, 0.5) is 0 Å². The zero-order valence-electron chi connectivity index (χ0n) is 17.2. The maximum absolute atomic E-state index is 2.72. The van der Waals surface area contributed by atoms with Gasteiger partial charge in [-0.1, -0.05) is 62.4 Å². The van der Waals surface area contributed by atoms with E-state index in [-0.39, 0.29) is 0 Å². The standard InChI is InChI=1S/C25H35N/c1-18(2)22-12-11-20(5)25(17-22)24(21-9-7-6-8-10-21)15-16-26(19(3)4)23-13-14-23/h6-12,17-19,23-24H,13-16H2,1-5H3. The Balaban J connectivity index is 1.90. The first-order valence-electron chi connectivity index (χ1n) is 10.4. The minimum atomic E-state index is 0.481. The molecule has 1 aliphatic carbocycles. The average Bonchev–Trinajstić information content (AvgIpc) is 3.45. The first-order chi connectivity index (χ1) is 12.5. The molecule has 0 aliphatic heterocycles. The van der Waals surface area contributed by atoms with Gasteiger partial charge in [0.1, 0.15) is 0 Å². The van der Waals surface area contributed by atoms with Gasteiger partial charge in [-0.3, -0.25) is 4.90 Å². The number of rotatable bonds is 8. The molecule has 1 nitrogen and oxygen atoms in total. The molecule has 0 radical (unpaired) electrons. The van der Waals surface area contributed by atoms with Crippen LogP contribution in [-0.4, -0.2) is 23.5 Å². The molecule has 1 heteroatoms. The molecule has 0 spiro atoms. The van der Waals surface area contributed by atoms with Crippen molar-refractivity contribution in [1.29, 1.82) is 0 Å². The average molecular weight is 350 g/mol. The molecule has 26 heavy (non-hydrogen) atoms. The molecule has 1 fully saturated rings. The first-order valence-corrected chi connectivity index (χ1v) is 10.4. The second kappa shape index (κ2) is 8.39. The van der Waals surface area contributed by atoms with Crippen molar-refractivity contribution in [3.8, 4) is 0 Å². The highest BCUT2D eigenvalue weighted by molar-refractivity contribution is 5.40. The van der Waals surface area contributed by atoms with E-state index in [0.717, 1.165) is 6.04 Å². The van der Waals surface area contributed by atoms with Crippen molar-refractivity contribution in [2.75, 3.05) is 6.54 Å². The van der Waals surface area contributed by atoms with E-state index in [2.05, 4.69) is 88.0 Å². The topological polar surface area (TPSA) is 3.24 Å². The van der Waals surface area contributed by atoms with E-state index in [1.807, 2.05) is 0 Å². The molecule has 0 N–H and O–H groups in total. The van der Waals surface area contributed by atoms with Gasteiger partial charge in [0.2, 0.25) is 0 Å². The molecule has 1 unspecified atom stereocenters. The van der Waals surface area contributed by atoms with Gasteiger partial charge in [-0.25, -0.2) is 0 Å². The molecule has 3 rings (SSSR count). The Morgan fingerprint density at radius 2 is 1.62 bits per heavy atom. The maximum Gasteiger partial charge on any atom is 0.0104 e. The fourth-order valence-electron chi connectivity index (χ4n) is 4.13. The minimum Gasteiger partial charge on any atom is -0.298 e. The number of hydrogen-bond donors (Lipinski definition) is 0. The van der Waals surface area contributed by atoms with Crippen molar-refractivity contribution in [2.24, 2.45) is 0 Å². The summed E-state index contributed by atoms with van der Waals surface area (Å²) in [4.78, 5) is 2.72. The molecule has 2 aromatic rings. The van der Waals surface area contributed by atoms with Gasteiger partial charge in [-0.05, 0) is 74.8 Å². The van der Waals surface area contributed by atoms with E-state index in [4.69, 9.17) is 0 Å². The van der Waals surface area contributed by atoms with Crippen LogP contribution in [0.5, 0.6) is 0 Å². The Hall–Kier alpha value is -1.60. The van der Waals surface area contributed by atoms with Gasteiger partial charge in [-0.15, -0.1) is 0 Å². The molecular formula is C25H35N. The minimum absolute atomic E-state index is 0.481. The summed E-state index contributed by atoms with van der Waals surface area (Å²) in [5.41, 5.74) is 5.85. The molecule has 0 bridgehead atoms. The van der Waals surface area contributed by atoms with Crippen molar-refractivity contribution in [2.45, 2.75) is 77.8 Å². The predicted octanol–water partition coefficient (Wildman–Crippen LogP) is 6.51. The zero-order valence-corrected chi connectivity index (χ0v) is 17.2. The molecule has 0 heterocycles. The van der Waals surface area contributed by atoms with E-state index in [1.54, 1.807) is 0 Å². The van der Waals surface area contributed by atoms with Crippen molar-refractivity contribution < 1.29 is 0 Å². The summed E-state index contributed by atoms with van der Waals surface area (Å²) in [6, 6.07) is 19.7. The zero-order chi connectivity index (χ0) is 18.7. The predicted molar refractivity (Wildman–Crippen MR) is 113 cm³/mol. The Bertz CT molecular complexity index is 695. The van der Waals surface area contributed by atoms with Crippen LogP contribution < -0.4 is 0 Å². The Morgan fingerprint density at radius 1 is 0.923 bits per heavy atom. The molecule has 1 aliphatic rings. The van der Waals surface area contributed by atoms with Gasteiger partial charge < -0.3 is 0 Å². The largest absolute Gasteiger partial charge is 0.298 e. The lowest BCUT2D eigenvalue weighted by molar-refractivity contribution is 0.206. The molecule has 0 saturated heterocycles. The molecule has 2 aromatic carbocycles. The third-order valence-corrected chi connectivity index (χ3v) is 5.90. The van der Waals surface area contributed by atoms with Gasteiger partial charge in [0.15, 0.2) is 0 Å². The summed E-state index contributed by atoms with van der Waals surface area (Å²) in [7, 11) is 0. The van der Waals surface area contributed by atoms with E-state index in [9.17, 15) is 0 Å². The number of nitrogens with zero attached hydrogens (tertiary/aromatic N) is 1. The van der Waals surface area contributed by atoms with Gasteiger partial charge in [-0.2, -0.15) is 0 Å². The van der Waals surface area contributed by atoms with Crippen LogP contribution in [0.25, 0.3) is 0 Å². The Kier molecular flexibility index (Phi) is 6.19. The number of aryl methyl sites for hydroxylation is 1. The van der Waals surface area contributed by atoms with Crippen LogP contribution in [0, 0.1) is 6.92 Å². The van der Waals surface area contributed by atoms with Crippen molar-refractivity contribution in [3.63, 3.8) is 0 Å². The fraction of sp³-hybridized carbons (Fsp3) is 0.520. The lowest BCUT2D eigenvalue weighted by Crippen LogP contribution is -2.34. The molecule has 0 amide bonds. The van der Waals surface area contributed by atoms with Gasteiger partial charge in [0, 0.05) is 18.0 Å². The highest BCUT2D eigenvalue weighted by atomic mass is 15.2. The second-order valence-corrected chi connectivity index (χ2v) is 8.59. The van der Waals surface area contributed by atoms with Crippen molar-refractivity contribution >= 4 is 0 Å². The van der Waals surface area contributed by atoms with Crippen LogP contribution in [0.2, 0.25) is 0 Å². The summed E-state index contributed by atoms with van der Waals surface area (Å²) in [5.74, 6) is 1.05. The van der Waals surface area contributed by atoms with Crippen LogP contribution in [0.3, 0.4) is 0 Å². The normalized spacial score (nSPS) is 15.8. The maximum atomic E-state index is 2.72. The number of hydrogen-bond acceptors (Lipinski definition) is 1. The monoisotopic (exact) mass is 349 g/mol. The fourth-order valence-corrected chi connectivity index (χ4v) is 4.13. The van der Waals surface area contributed by atoms with Crippen molar-refractivity contribution in [3.05, 3.63) is 70.8 Å². The summed E-state index contributed by atoms with van der Waals surface area (Å²) >= 11 is 0. The molecule has 140 valence electrons. The van der Waals surface area contributed by atoms with Crippen LogP contribution in [0.1, 0.15) is 81.0 Å². The summed E-state index contributed by atoms with van der Waals surface area (Å²) in [6.45, 7) is 12.7. The van der Waals surface area contributed by atoms with Gasteiger partial charge in [0.05, 0.1) is 0 Å². The van der Waals surface area contributed by atoms with E-state index < -0.39 is 0 Å². The van der Waals surface area contributed by atoms with Gasteiger partial charge >= 0.3 is 0 Å². The van der Waals surface area contributed by atoms with Crippen LogP contribution >= 0.6 is 0 Å². The molecule has 1 atom stereocenters.